The van der Waals surface area contributed by atoms with E-state index in [0.29, 0.717) is 28.8 Å². The molecular weight excluding hydrogens is 354 g/mol. The average molecular weight is 376 g/mol. The summed E-state index contributed by atoms with van der Waals surface area (Å²) >= 11 is 6.23. The maximum Gasteiger partial charge on any atom is 0.224 e. The summed E-state index contributed by atoms with van der Waals surface area (Å²) in [5, 5.41) is 3.70. The lowest BCUT2D eigenvalue weighted by Gasteiger charge is -2.15. The van der Waals surface area contributed by atoms with Crippen LogP contribution in [0.5, 0.6) is 17.2 Å². The highest BCUT2D eigenvalue weighted by atomic mass is 35.5. The summed E-state index contributed by atoms with van der Waals surface area (Å²) in [5.74, 6) is 2.00. The molecule has 1 saturated carbocycles. The molecule has 1 aliphatic carbocycles. The summed E-state index contributed by atoms with van der Waals surface area (Å²) in [5.41, 5.74) is 1.81. The molecule has 26 heavy (non-hydrogen) atoms. The van der Waals surface area contributed by atoms with Crippen LogP contribution in [0.1, 0.15) is 23.5 Å². The molecule has 0 radical (unpaired) electrons. The van der Waals surface area contributed by atoms with Gasteiger partial charge in [-0.3, -0.25) is 4.79 Å². The van der Waals surface area contributed by atoms with Crippen molar-refractivity contribution in [1.29, 1.82) is 0 Å². The van der Waals surface area contributed by atoms with Gasteiger partial charge >= 0.3 is 0 Å². The Balaban J connectivity index is 1.68. The van der Waals surface area contributed by atoms with E-state index in [1.807, 2.05) is 24.3 Å². The smallest absolute Gasteiger partial charge is 0.224 e. The molecule has 1 fully saturated rings. The van der Waals surface area contributed by atoms with Crippen LogP contribution in [-0.2, 0) is 11.3 Å². The molecule has 0 bridgehead atoms. The van der Waals surface area contributed by atoms with Crippen LogP contribution in [0.4, 0.5) is 0 Å². The third-order valence-electron chi connectivity index (χ3n) is 4.69. The largest absolute Gasteiger partial charge is 0.496 e. The van der Waals surface area contributed by atoms with E-state index in [4.69, 9.17) is 25.8 Å². The zero-order valence-electron chi connectivity index (χ0n) is 15.0. The van der Waals surface area contributed by atoms with Crippen molar-refractivity contribution in [1.82, 2.24) is 5.32 Å². The van der Waals surface area contributed by atoms with Crippen LogP contribution >= 0.6 is 11.6 Å². The minimum absolute atomic E-state index is 0.00911. The number of amides is 1. The van der Waals surface area contributed by atoms with Gasteiger partial charge < -0.3 is 19.5 Å². The second-order valence-electron chi connectivity index (χ2n) is 6.20. The van der Waals surface area contributed by atoms with Gasteiger partial charge in [0.05, 0.1) is 33.4 Å². The lowest BCUT2D eigenvalue weighted by Crippen LogP contribution is -2.25. The predicted molar refractivity (Wildman–Crippen MR) is 100 cm³/mol. The second kappa shape index (κ2) is 7.87. The van der Waals surface area contributed by atoms with Crippen LogP contribution in [0.3, 0.4) is 0 Å². The van der Waals surface area contributed by atoms with Gasteiger partial charge in [0, 0.05) is 23.1 Å². The number of hydrogen-bond acceptors (Lipinski definition) is 4. The molecule has 1 amide bonds. The van der Waals surface area contributed by atoms with Crippen LogP contribution in [-0.4, -0.2) is 27.2 Å². The zero-order valence-corrected chi connectivity index (χ0v) is 15.8. The van der Waals surface area contributed by atoms with Gasteiger partial charge in [0.25, 0.3) is 0 Å². The molecule has 0 spiro atoms. The first-order valence-electron chi connectivity index (χ1n) is 8.40. The standard InChI is InChI=1S/C20H22ClNO4/c1-24-12-8-18(25-2)16(19(9-12)26-3)11-22-20(23)15-10-14(15)13-6-4-5-7-17(13)21/h4-9,14-15H,10-11H2,1-3H3,(H,22,23). The Morgan fingerprint density at radius 2 is 1.77 bits per heavy atom. The van der Waals surface area contributed by atoms with Gasteiger partial charge in [0.1, 0.15) is 17.2 Å². The fourth-order valence-electron chi connectivity index (χ4n) is 3.16. The first-order chi connectivity index (χ1) is 12.6. The molecule has 0 saturated heterocycles. The van der Waals surface area contributed by atoms with Crippen molar-refractivity contribution in [2.45, 2.75) is 18.9 Å². The second-order valence-corrected chi connectivity index (χ2v) is 6.61. The number of ether oxygens (including phenoxy) is 3. The van der Waals surface area contributed by atoms with Crippen molar-refractivity contribution in [2.75, 3.05) is 21.3 Å². The summed E-state index contributed by atoms with van der Waals surface area (Å²) in [4.78, 5) is 12.5. The van der Waals surface area contributed by atoms with Crippen LogP contribution in [0.2, 0.25) is 5.02 Å². The Morgan fingerprint density at radius 3 is 2.35 bits per heavy atom. The molecule has 6 heteroatoms. The van der Waals surface area contributed by atoms with E-state index >= 15 is 0 Å². The number of hydrogen-bond donors (Lipinski definition) is 1. The molecule has 0 heterocycles. The first-order valence-corrected chi connectivity index (χ1v) is 8.77. The minimum atomic E-state index is -0.0508. The lowest BCUT2D eigenvalue weighted by molar-refractivity contribution is -0.122. The van der Waals surface area contributed by atoms with Gasteiger partial charge in [0.15, 0.2) is 0 Å². The van der Waals surface area contributed by atoms with Gasteiger partial charge in [-0.1, -0.05) is 29.8 Å². The molecule has 1 aliphatic rings. The maximum absolute atomic E-state index is 12.5. The fraction of sp³-hybridized carbons (Fsp3) is 0.350. The van der Waals surface area contributed by atoms with Gasteiger partial charge in [-0.2, -0.15) is 0 Å². The van der Waals surface area contributed by atoms with E-state index in [1.165, 1.54) is 0 Å². The Hall–Kier alpha value is -2.40. The number of carbonyl (C=O) groups is 1. The molecule has 0 aliphatic heterocycles. The van der Waals surface area contributed by atoms with Crippen molar-refractivity contribution < 1.29 is 19.0 Å². The van der Waals surface area contributed by atoms with Crippen LogP contribution < -0.4 is 19.5 Å². The summed E-state index contributed by atoms with van der Waals surface area (Å²) in [6.45, 7) is 0.320. The zero-order chi connectivity index (χ0) is 18.7. The van der Waals surface area contributed by atoms with Crippen molar-refractivity contribution in [3.8, 4) is 17.2 Å². The Morgan fingerprint density at radius 1 is 1.12 bits per heavy atom. The van der Waals surface area contributed by atoms with Gasteiger partial charge in [-0.15, -0.1) is 0 Å². The number of rotatable bonds is 7. The summed E-state index contributed by atoms with van der Waals surface area (Å²) in [6.07, 6.45) is 0.812. The van der Waals surface area contributed by atoms with Crippen molar-refractivity contribution >= 4 is 17.5 Å². The van der Waals surface area contributed by atoms with E-state index in [0.717, 1.165) is 17.5 Å². The van der Waals surface area contributed by atoms with Gasteiger partial charge in [-0.25, -0.2) is 0 Å². The Labute approximate surface area is 158 Å². The number of methoxy groups -OCH3 is 3. The molecule has 138 valence electrons. The summed E-state index contributed by atoms with van der Waals surface area (Å²) in [6, 6.07) is 11.2. The monoisotopic (exact) mass is 375 g/mol. The molecule has 3 rings (SSSR count). The molecule has 2 atom stereocenters. The van der Waals surface area contributed by atoms with Crippen molar-refractivity contribution in [3.63, 3.8) is 0 Å². The number of benzene rings is 2. The molecular formula is C20H22ClNO4. The third-order valence-corrected chi connectivity index (χ3v) is 5.03. The average Bonchev–Trinajstić information content (AvgIpc) is 3.46. The fourth-order valence-corrected chi connectivity index (χ4v) is 3.44. The Kier molecular flexibility index (Phi) is 5.57. The Bertz CT molecular complexity index is 783. The van der Waals surface area contributed by atoms with Gasteiger partial charge in [0.2, 0.25) is 5.91 Å². The molecule has 0 aromatic heterocycles. The maximum atomic E-state index is 12.5. The molecule has 2 unspecified atom stereocenters. The highest BCUT2D eigenvalue weighted by molar-refractivity contribution is 6.31. The number of halogens is 1. The van der Waals surface area contributed by atoms with E-state index < -0.39 is 0 Å². The van der Waals surface area contributed by atoms with Crippen molar-refractivity contribution in [2.24, 2.45) is 5.92 Å². The van der Waals surface area contributed by atoms with Crippen molar-refractivity contribution in [3.05, 3.63) is 52.5 Å². The minimum Gasteiger partial charge on any atom is -0.496 e. The quantitative estimate of drug-likeness (QED) is 0.800. The SMILES string of the molecule is COc1cc(OC)c(CNC(=O)C2CC2c2ccccc2Cl)c(OC)c1. The molecule has 5 nitrogen and oxygen atoms in total. The summed E-state index contributed by atoms with van der Waals surface area (Å²) < 4.78 is 16.1. The van der Waals surface area contributed by atoms with Crippen LogP contribution in [0.15, 0.2) is 36.4 Å². The van der Waals surface area contributed by atoms with E-state index in [2.05, 4.69) is 5.32 Å². The number of nitrogens with one attached hydrogen (secondary N) is 1. The topological polar surface area (TPSA) is 56.8 Å². The summed E-state index contributed by atoms with van der Waals surface area (Å²) in [7, 11) is 4.74. The van der Waals surface area contributed by atoms with E-state index in [9.17, 15) is 4.79 Å². The van der Waals surface area contributed by atoms with E-state index in [-0.39, 0.29) is 17.7 Å². The normalized spacial score (nSPS) is 18.2. The first kappa shape index (κ1) is 18.4. The highest BCUT2D eigenvalue weighted by Crippen LogP contribution is 2.49. The predicted octanol–water partition coefficient (Wildman–Crippen LogP) is 3.79. The van der Waals surface area contributed by atoms with Gasteiger partial charge in [-0.05, 0) is 24.0 Å². The molecule has 1 N–H and O–H groups in total. The van der Waals surface area contributed by atoms with Crippen LogP contribution in [0, 0.1) is 5.92 Å². The number of carbonyl (C=O) groups excluding carboxylic acids is 1. The van der Waals surface area contributed by atoms with Crippen LogP contribution in [0.25, 0.3) is 0 Å². The third kappa shape index (κ3) is 3.73. The molecule has 2 aromatic carbocycles. The molecule has 2 aromatic rings. The van der Waals surface area contributed by atoms with E-state index in [1.54, 1.807) is 33.5 Å². The lowest BCUT2D eigenvalue weighted by atomic mass is 10.1. The highest BCUT2D eigenvalue weighted by Gasteiger charge is 2.44.